The van der Waals surface area contributed by atoms with E-state index in [-0.39, 0.29) is 11.7 Å². The summed E-state index contributed by atoms with van der Waals surface area (Å²) in [7, 11) is 0. The SMILES string of the molecule is Nc1nc(NC2CC2)sc1C(=O)Nc1ccccc1Br. The number of carbonyl (C=O) groups excluding carboxylic acids is 1. The third-order valence-corrected chi connectivity index (χ3v) is 4.58. The van der Waals surface area contributed by atoms with Crippen molar-refractivity contribution >= 4 is 49.8 Å². The van der Waals surface area contributed by atoms with E-state index in [2.05, 4.69) is 31.5 Å². The van der Waals surface area contributed by atoms with Gasteiger partial charge in [0.25, 0.3) is 5.91 Å². The molecule has 1 fully saturated rings. The Morgan fingerprint density at radius 3 is 2.85 bits per heavy atom. The fourth-order valence-corrected chi connectivity index (χ4v) is 2.94. The van der Waals surface area contributed by atoms with Crippen LogP contribution in [-0.4, -0.2) is 16.9 Å². The smallest absolute Gasteiger partial charge is 0.269 e. The molecule has 0 bridgehead atoms. The number of thiazole rings is 1. The molecule has 1 aliphatic carbocycles. The van der Waals surface area contributed by atoms with E-state index in [1.807, 2.05) is 24.3 Å². The molecular weight excluding hydrogens is 340 g/mol. The molecule has 3 rings (SSSR count). The number of rotatable bonds is 4. The van der Waals surface area contributed by atoms with E-state index in [1.54, 1.807) is 0 Å². The molecule has 0 unspecified atom stereocenters. The van der Waals surface area contributed by atoms with Crippen molar-refractivity contribution in [2.75, 3.05) is 16.4 Å². The Bertz CT molecular complexity index is 654. The Hall–Kier alpha value is -1.60. The first-order valence-electron chi connectivity index (χ1n) is 6.22. The molecule has 1 amide bonds. The van der Waals surface area contributed by atoms with Gasteiger partial charge in [0.2, 0.25) is 0 Å². The van der Waals surface area contributed by atoms with E-state index < -0.39 is 0 Å². The molecule has 2 aromatic rings. The maximum absolute atomic E-state index is 12.2. The average molecular weight is 353 g/mol. The van der Waals surface area contributed by atoms with Crippen LogP contribution < -0.4 is 16.4 Å². The summed E-state index contributed by atoms with van der Waals surface area (Å²) in [5, 5.41) is 6.78. The third kappa shape index (κ3) is 2.94. The first-order valence-corrected chi connectivity index (χ1v) is 7.83. The highest BCUT2D eigenvalue weighted by molar-refractivity contribution is 9.10. The van der Waals surface area contributed by atoms with Gasteiger partial charge >= 0.3 is 0 Å². The van der Waals surface area contributed by atoms with Crippen molar-refractivity contribution in [2.45, 2.75) is 18.9 Å². The number of hydrogen-bond donors (Lipinski definition) is 3. The summed E-state index contributed by atoms with van der Waals surface area (Å²) in [4.78, 5) is 16.9. The second-order valence-corrected chi connectivity index (χ2v) is 6.44. The van der Waals surface area contributed by atoms with E-state index in [4.69, 9.17) is 5.73 Å². The van der Waals surface area contributed by atoms with Crippen molar-refractivity contribution in [1.29, 1.82) is 0 Å². The summed E-state index contributed by atoms with van der Waals surface area (Å²) in [5.74, 6) is 0.0263. The largest absolute Gasteiger partial charge is 0.382 e. The fraction of sp³-hybridized carbons (Fsp3) is 0.231. The maximum Gasteiger partial charge on any atom is 0.269 e. The highest BCUT2D eigenvalue weighted by Gasteiger charge is 2.24. The van der Waals surface area contributed by atoms with Gasteiger partial charge < -0.3 is 16.4 Å². The molecule has 0 spiro atoms. The number of nitrogens with one attached hydrogen (secondary N) is 2. The number of nitrogens with zero attached hydrogens (tertiary/aromatic N) is 1. The van der Waals surface area contributed by atoms with Gasteiger partial charge in [-0.2, -0.15) is 0 Å². The minimum atomic E-state index is -0.240. The van der Waals surface area contributed by atoms with Crippen LogP contribution in [0.15, 0.2) is 28.7 Å². The van der Waals surface area contributed by atoms with Gasteiger partial charge in [0.1, 0.15) is 10.7 Å². The zero-order chi connectivity index (χ0) is 14.1. The summed E-state index contributed by atoms with van der Waals surface area (Å²) in [6.45, 7) is 0. The topological polar surface area (TPSA) is 80.0 Å². The molecule has 1 aliphatic rings. The number of amides is 1. The molecule has 20 heavy (non-hydrogen) atoms. The number of nitrogen functional groups attached to an aromatic ring is 1. The number of anilines is 3. The zero-order valence-corrected chi connectivity index (χ0v) is 12.9. The predicted octanol–water partition coefficient (Wildman–Crippen LogP) is 3.31. The standard InChI is InChI=1S/C13H13BrN4OS/c14-8-3-1-2-4-9(8)17-12(19)10-11(15)18-13(20-10)16-7-5-6-7/h1-4,7H,5-6,15H2,(H,16,18)(H,17,19). The molecule has 0 radical (unpaired) electrons. The van der Waals surface area contributed by atoms with Crippen LogP contribution in [0.2, 0.25) is 0 Å². The first kappa shape index (κ1) is 13.4. The van der Waals surface area contributed by atoms with Crippen molar-refractivity contribution in [2.24, 2.45) is 0 Å². The van der Waals surface area contributed by atoms with E-state index in [9.17, 15) is 4.79 Å². The van der Waals surface area contributed by atoms with Gasteiger partial charge in [0.05, 0.1) is 5.69 Å². The minimum Gasteiger partial charge on any atom is -0.382 e. The van der Waals surface area contributed by atoms with E-state index >= 15 is 0 Å². The van der Waals surface area contributed by atoms with E-state index in [0.29, 0.717) is 21.7 Å². The molecule has 4 N–H and O–H groups in total. The van der Waals surface area contributed by atoms with Gasteiger partial charge in [-0.15, -0.1) is 0 Å². The monoisotopic (exact) mass is 352 g/mol. The van der Waals surface area contributed by atoms with Crippen LogP contribution in [-0.2, 0) is 0 Å². The molecular formula is C13H13BrN4OS. The molecule has 1 aromatic carbocycles. The molecule has 104 valence electrons. The maximum atomic E-state index is 12.2. The summed E-state index contributed by atoms with van der Waals surface area (Å²) < 4.78 is 0.827. The number of aromatic nitrogens is 1. The van der Waals surface area contributed by atoms with Crippen LogP contribution in [0.25, 0.3) is 0 Å². The van der Waals surface area contributed by atoms with Crippen molar-refractivity contribution in [3.8, 4) is 0 Å². The van der Waals surface area contributed by atoms with E-state index in [0.717, 1.165) is 17.3 Å². The van der Waals surface area contributed by atoms with Crippen LogP contribution in [0.3, 0.4) is 0 Å². The highest BCUT2D eigenvalue weighted by atomic mass is 79.9. The van der Waals surface area contributed by atoms with Gasteiger partial charge in [-0.3, -0.25) is 4.79 Å². The van der Waals surface area contributed by atoms with Gasteiger partial charge in [-0.05, 0) is 40.9 Å². The normalized spacial score (nSPS) is 14.1. The number of benzene rings is 1. The molecule has 0 atom stereocenters. The lowest BCUT2D eigenvalue weighted by molar-refractivity contribution is 0.103. The van der Waals surface area contributed by atoms with Gasteiger partial charge in [-0.25, -0.2) is 4.98 Å². The fourth-order valence-electron chi connectivity index (χ4n) is 1.70. The van der Waals surface area contributed by atoms with Crippen LogP contribution in [0.4, 0.5) is 16.6 Å². The third-order valence-electron chi connectivity index (χ3n) is 2.89. The lowest BCUT2D eigenvalue weighted by Crippen LogP contribution is -2.12. The van der Waals surface area contributed by atoms with Gasteiger partial charge in [-0.1, -0.05) is 23.5 Å². The first-order chi connectivity index (χ1) is 9.63. The predicted molar refractivity (Wildman–Crippen MR) is 85.3 cm³/mol. The Balaban J connectivity index is 1.76. The second kappa shape index (κ2) is 5.41. The van der Waals surface area contributed by atoms with Crippen molar-refractivity contribution in [1.82, 2.24) is 4.98 Å². The Morgan fingerprint density at radius 2 is 2.15 bits per heavy atom. The quantitative estimate of drug-likeness (QED) is 0.788. The van der Waals surface area contributed by atoms with E-state index in [1.165, 1.54) is 11.3 Å². The molecule has 0 aliphatic heterocycles. The number of para-hydroxylation sites is 1. The van der Waals surface area contributed by atoms with Crippen molar-refractivity contribution in [3.05, 3.63) is 33.6 Å². The van der Waals surface area contributed by atoms with Crippen LogP contribution in [0.5, 0.6) is 0 Å². The minimum absolute atomic E-state index is 0.240. The average Bonchev–Trinajstić information content (AvgIpc) is 3.14. The molecule has 1 aromatic heterocycles. The molecule has 1 heterocycles. The molecule has 0 saturated heterocycles. The number of hydrogen-bond acceptors (Lipinski definition) is 5. The lowest BCUT2D eigenvalue weighted by Gasteiger charge is -2.05. The van der Waals surface area contributed by atoms with Crippen LogP contribution >= 0.6 is 27.3 Å². The zero-order valence-electron chi connectivity index (χ0n) is 10.5. The Kier molecular flexibility index (Phi) is 3.62. The second-order valence-electron chi connectivity index (χ2n) is 4.59. The van der Waals surface area contributed by atoms with Crippen LogP contribution in [0.1, 0.15) is 22.5 Å². The number of carbonyl (C=O) groups is 1. The van der Waals surface area contributed by atoms with Crippen molar-refractivity contribution in [3.63, 3.8) is 0 Å². The van der Waals surface area contributed by atoms with Gasteiger partial charge in [0.15, 0.2) is 5.13 Å². The summed E-state index contributed by atoms with van der Waals surface area (Å²) in [5.41, 5.74) is 6.53. The van der Waals surface area contributed by atoms with Gasteiger partial charge in [0, 0.05) is 10.5 Å². The summed E-state index contributed by atoms with van der Waals surface area (Å²) in [6.07, 6.45) is 2.30. The summed E-state index contributed by atoms with van der Waals surface area (Å²) >= 11 is 4.68. The molecule has 5 nitrogen and oxygen atoms in total. The molecule has 1 saturated carbocycles. The Morgan fingerprint density at radius 1 is 1.40 bits per heavy atom. The number of halogens is 1. The summed E-state index contributed by atoms with van der Waals surface area (Å²) in [6, 6.07) is 7.92. The van der Waals surface area contributed by atoms with Crippen LogP contribution in [0, 0.1) is 0 Å². The highest BCUT2D eigenvalue weighted by Crippen LogP contribution is 2.31. The lowest BCUT2D eigenvalue weighted by atomic mass is 10.3. The molecule has 7 heteroatoms. The number of nitrogens with two attached hydrogens (primary N) is 1. The Labute approximate surface area is 128 Å². The van der Waals surface area contributed by atoms with Crippen molar-refractivity contribution < 1.29 is 4.79 Å².